The topological polar surface area (TPSA) is 165 Å². The number of primary amides is 1. The molecule has 0 radical (unpaired) electrons. The summed E-state index contributed by atoms with van der Waals surface area (Å²) < 4.78 is 0. The minimum absolute atomic E-state index is 0.0707. The van der Waals surface area contributed by atoms with Crippen molar-refractivity contribution in [2.24, 2.45) is 23.5 Å². The number of allylic oxidation sites excluding steroid dienone is 1. The van der Waals surface area contributed by atoms with Gasteiger partial charge < -0.3 is 31.1 Å². The number of fused-ring (bicyclic) bond motifs is 3. The van der Waals surface area contributed by atoms with Crippen LogP contribution in [0.2, 0.25) is 0 Å². The third-order valence-corrected chi connectivity index (χ3v) is 8.23. The maximum atomic E-state index is 13.8. The predicted octanol–water partition coefficient (Wildman–Crippen LogP) is 0.810. The van der Waals surface area contributed by atoms with Crippen LogP contribution in [0, 0.1) is 17.8 Å². The van der Waals surface area contributed by atoms with E-state index in [-0.39, 0.29) is 28.7 Å². The summed E-state index contributed by atoms with van der Waals surface area (Å²) in [5, 5.41) is 42.7. The van der Waals surface area contributed by atoms with E-state index in [9.17, 15) is 34.8 Å². The molecule has 1 amide bonds. The number of rotatable bonds is 3. The molecule has 3 aliphatic carbocycles. The molecule has 5 rings (SSSR count). The summed E-state index contributed by atoms with van der Waals surface area (Å²) in [7, 11) is 3.38. The highest BCUT2D eigenvalue weighted by Gasteiger charge is 2.55. The standard InChI is InChI=1S/C26H31N3O7/c1-28(2)21-14-10-11-9-13-15(29-7-5-12(30)6-8-29)3-4-16(31)18(13)22(32)17(11)23(33)19(14)24(34)20(25(21)35)26(27)36/h3-4,11-12,14,19,21,30-32,35H,5-10H2,1-2H3,(H2,27,36). The molecule has 0 bridgehead atoms. The number of anilines is 1. The number of ketones is 2. The van der Waals surface area contributed by atoms with Gasteiger partial charge in [-0.3, -0.25) is 19.3 Å². The Morgan fingerprint density at radius 1 is 1.08 bits per heavy atom. The Balaban J connectivity index is 1.62. The number of carbonyl (C=O) groups is 3. The maximum absolute atomic E-state index is 13.8. The van der Waals surface area contributed by atoms with Crippen LogP contribution in [-0.2, 0) is 20.8 Å². The van der Waals surface area contributed by atoms with E-state index >= 15 is 0 Å². The fourth-order valence-electron chi connectivity index (χ4n) is 6.65. The first kappa shape index (κ1) is 24.3. The first-order valence-corrected chi connectivity index (χ1v) is 12.2. The minimum Gasteiger partial charge on any atom is -0.510 e. The van der Waals surface area contributed by atoms with Crippen LogP contribution in [0.3, 0.4) is 0 Å². The molecule has 1 aromatic rings. The lowest BCUT2D eigenvalue weighted by atomic mass is 9.59. The van der Waals surface area contributed by atoms with Crippen molar-refractivity contribution in [1.29, 1.82) is 0 Å². The molecule has 4 aliphatic rings. The number of benzene rings is 1. The van der Waals surface area contributed by atoms with E-state index in [0.29, 0.717) is 44.3 Å². The molecule has 10 nitrogen and oxygen atoms in total. The van der Waals surface area contributed by atoms with Crippen LogP contribution in [-0.4, -0.2) is 82.1 Å². The van der Waals surface area contributed by atoms with Crippen molar-refractivity contribution in [2.75, 3.05) is 32.1 Å². The first-order valence-electron chi connectivity index (χ1n) is 12.2. The van der Waals surface area contributed by atoms with E-state index in [1.54, 1.807) is 25.1 Å². The number of carbonyl (C=O) groups excluding carboxylic acids is 3. The zero-order valence-corrected chi connectivity index (χ0v) is 20.3. The van der Waals surface area contributed by atoms with Crippen molar-refractivity contribution in [3.63, 3.8) is 0 Å². The van der Waals surface area contributed by atoms with Gasteiger partial charge >= 0.3 is 0 Å². The Bertz CT molecular complexity index is 1230. The van der Waals surface area contributed by atoms with E-state index in [1.807, 2.05) is 0 Å². The minimum atomic E-state index is -1.26. The average molecular weight is 498 g/mol. The van der Waals surface area contributed by atoms with E-state index in [0.717, 1.165) is 5.69 Å². The molecule has 1 heterocycles. The van der Waals surface area contributed by atoms with Crippen molar-refractivity contribution in [3.05, 3.63) is 40.2 Å². The third kappa shape index (κ3) is 3.50. The molecule has 1 aromatic carbocycles. The summed E-state index contributed by atoms with van der Waals surface area (Å²) in [6.07, 6.45) is 1.52. The number of phenolic OH excluding ortho intramolecular Hbond substituents is 1. The summed E-state index contributed by atoms with van der Waals surface area (Å²) in [5.74, 6) is -5.80. The van der Waals surface area contributed by atoms with Crippen molar-refractivity contribution >= 4 is 28.9 Å². The second-order valence-corrected chi connectivity index (χ2v) is 10.5. The molecule has 4 atom stereocenters. The van der Waals surface area contributed by atoms with Gasteiger partial charge in [-0.25, -0.2) is 0 Å². The SMILES string of the molecule is CN(C)C1C(O)=C(C(N)=O)C(=O)C2C(=O)C3=C(O)c4c(O)ccc(N5CCC(O)CC5)c4CC3CC21. The van der Waals surface area contributed by atoms with Crippen molar-refractivity contribution in [1.82, 2.24) is 4.90 Å². The van der Waals surface area contributed by atoms with Crippen molar-refractivity contribution in [2.45, 2.75) is 37.8 Å². The van der Waals surface area contributed by atoms with Crippen molar-refractivity contribution in [3.8, 4) is 5.75 Å². The van der Waals surface area contributed by atoms with Gasteiger partial charge in [0, 0.05) is 24.4 Å². The number of amides is 1. The molecular formula is C26H31N3O7. The summed E-state index contributed by atoms with van der Waals surface area (Å²) in [6.45, 7) is 1.24. The zero-order chi connectivity index (χ0) is 26.0. The molecule has 10 heteroatoms. The van der Waals surface area contributed by atoms with E-state index in [1.165, 1.54) is 6.07 Å². The maximum Gasteiger partial charge on any atom is 0.255 e. The van der Waals surface area contributed by atoms with Gasteiger partial charge in [-0.1, -0.05) is 0 Å². The van der Waals surface area contributed by atoms with Crippen LogP contribution in [0.1, 0.15) is 30.4 Å². The van der Waals surface area contributed by atoms with Crippen LogP contribution < -0.4 is 10.6 Å². The van der Waals surface area contributed by atoms with Crippen LogP contribution in [0.4, 0.5) is 5.69 Å². The molecule has 4 unspecified atom stereocenters. The molecule has 0 spiro atoms. The van der Waals surface area contributed by atoms with Gasteiger partial charge in [-0.2, -0.15) is 0 Å². The highest BCUT2D eigenvalue weighted by Crippen LogP contribution is 2.51. The number of piperidine rings is 1. The Morgan fingerprint density at radius 2 is 1.75 bits per heavy atom. The van der Waals surface area contributed by atoms with Gasteiger partial charge in [0.15, 0.2) is 11.6 Å². The highest BCUT2D eigenvalue weighted by atomic mass is 16.3. The molecule has 36 heavy (non-hydrogen) atoms. The number of phenols is 1. The van der Waals surface area contributed by atoms with Crippen LogP contribution in [0.5, 0.6) is 5.75 Å². The summed E-state index contributed by atoms with van der Waals surface area (Å²) in [4.78, 5) is 42.8. The summed E-state index contributed by atoms with van der Waals surface area (Å²) in [6, 6.07) is 2.50. The fraction of sp³-hybridized carbons (Fsp3) is 0.500. The fourth-order valence-corrected chi connectivity index (χ4v) is 6.65. The smallest absolute Gasteiger partial charge is 0.255 e. The third-order valence-electron chi connectivity index (χ3n) is 8.23. The number of aromatic hydroxyl groups is 1. The largest absolute Gasteiger partial charge is 0.510 e. The molecule has 192 valence electrons. The van der Waals surface area contributed by atoms with Crippen LogP contribution in [0.25, 0.3) is 5.76 Å². The number of aliphatic hydroxyl groups is 3. The van der Waals surface area contributed by atoms with Crippen molar-refractivity contribution < 1.29 is 34.8 Å². The molecule has 2 fully saturated rings. The number of likely N-dealkylation sites (N-methyl/N-ethyl adjacent to an activating group) is 1. The van der Waals surface area contributed by atoms with Gasteiger partial charge in [0.25, 0.3) is 5.91 Å². The Kier molecular flexibility index (Phi) is 5.83. The number of nitrogens with two attached hydrogens (primary N) is 1. The monoisotopic (exact) mass is 497 g/mol. The van der Waals surface area contributed by atoms with Gasteiger partial charge in [0.1, 0.15) is 22.8 Å². The molecule has 6 N–H and O–H groups in total. The molecule has 1 saturated carbocycles. The van der Waals surface area contributed by atoms with Gasteiger partial charge in [0.05, 0.1) is 23.6 Å². The average Bonchev–Trinajstić information content (AvgIpc) is 2.79. The van der Waals surface area contributed by atoms with E-state index in [4.69, 9.17) is 5.73 Å². The van der Waals surface area contributed by atoms with Gasteiger partial charge in [-0.05, 0) is 69.3 Å². The first-order chi connectivity index (χ1) is 17.0. The summed E-state index contributed by atoms with van der Waals surface area (Å²) >= 11 is 0. The lowest BCUT2D eigenvalue weighted by Gasteiger charge is -2.46. The number of aliphatic hydroxyl groups excluding tert-OH is 3. The number of hydrogen-bond donors (Lipinski definition) is 5. The van der Waals surface area contributed by atoms with E-state index < -0.39 is 52.6 Å². The van der Waals surface area contributed by atoms with Gasteiger partial charge in [0.2, 0.25) is 0 Å². The van der Waals surface area contributed by atoms with Gasteiger partial charge in [-0.15, -0.1) is 0 Å². The second kappa shape index (κ2) is 8.63. The molecule has 1 aliphatic heterocycles. The van der Waals surface area contributed by atoms with Crippen LogP contribution >= 0.6 is 0 Å². The summed E-state index contributed by atoms with van der Waals surface area (Å²) in [5.41, 5.74) is 6.61. The quantitative estimate of drug-likeness (QED) is 0.300. The Morgan fingerprint density at radius 3 is 2.36 bits per heavy atom. The Labute approximate surface area is 208 Å². The molecule has 1 saturated heterocycles. The van der Waals surface area contributed by atoms with Crippen LogP contribution in [0.15, 0.2) is 29.0 Å². The highest BCUT2D eigenvalue weighted by molar-refractivity contribution is 6.28. The number of Topliss-reactive ketones (excluding diaryl/α,β-unsaturated/α-hetero) is 2. The lowest BCUT2D eigenvalue weighted by molar-refractivity contribution is -0.136. The number of nitrogens with zero attached hydrogens (tertiary/aromatic N) is 2. The number of hydrogen-bond acceptors (Lipinski definition) is 9. The van der Waals surface area contributed by atoms with E-state index in [2.05, 4.69) is 4.90 Å². The predicted molar refractivity (Wildman–Crippen MR) is 130 cm³/mol. The Hall–Kier alpha value is -3.37. The normalized spacial score (nSPS) is 28.8. The molecule has 0 aromatic heterocycles. The lowest BCUT2D eigenvalue weighted by Crippen LogP contribution is -2.55. The zero-order valence-electron chi connectivity index (χ0n) is 20.3. The molecular weight excluding hydrogens is 466 g/mol. The second-order valence-electron chi connectivity index (χ2n) is 10.5.